The average Bonchev–Trinajstić information content (AvgIpc) is 2.56. The van der Waals surface area contributed by atoms with E-state index in [0.29, 0.717) is 12.1 Å². The Hall–Kier alpha value is -0.900. The summed E-state index contributed by atoms with van der Waals surface area (Å²) in [4.78, 5) is 2.53. The highest BCUT2D eigenvalue weighted by Gasteiger charge is 2.25. The first kappa shape index (κ1) is 13.5. The number of hydrogen-bond acceptors (Lipinski definition) is 3. The summed E-state index contributed by atoms with van der Waals surface area (Å²) in [5, 5.41) is 12.7. The van der Waals surface area contributed by atoms with Crippen molar-refractivity contribution in [3.8, 4) is 0 Å². The van der Waals surface area contributed by atoms with Crippen LogP contribution in [-0.2, 0) is 6.54 Å². The van der Waals surface area contributed by atoms with Crippen LogP contribution in [0.2, 0.25) is 0 Å². The summed E-state index contributed by atoms with van der Waals surface area (Å²) in [7, 11) is 0. The van der Waals surface area contributed by atoms with Gasteiger partial charge in [0.2, 0.25) is 0 Å². The van der Waals surface area contributed by atoms with E-state index in [1.54, 1.807) is 0 Å². The van der Waals surface area contributed by atoms with Crippen LogP contribution in [0.15, 0.2) is 30.3 Å². The van der Waals surface area contributed by atoms with E-state index in [0.717, 1.165) is 26.1 Å². The van der Waals surface area contributed by atoms with Crippen LogP contribution in [0.3, 0.4) is 0 Å². The third kappa shape index (κ3) is 3.55. The molecule has 0 aliphatic carbocycles. The largest absolute Gasteiger partial charge is 0.396 e. The molecule has 0 radical (unpaired) electrons. The number of hydrogen-bond donors (Lipinski definition) is 2. The zero-order valence-electron chi connectivity index (χ0n) is 11.2. The van der Waals surface area contributed by atoms with E-state index in [2.05, 4.69) is 47.5 Å². The van der Waals surface area contributed by atoms with Crippen molar-refractivity contribution in [1.29, 1.82) is 0 Å². The molecule has 0 spiro atoms. The first-order chi connectivity index (χ1) is 8.81. The normalized spacial score (nSPS) is 25.9. The highest BCUT2D eigenvalue weighted by atomic mass is 16.3. The molecule has 18 heavy (non-hydrogen) atoms. The predicted octanol–water partition coefficient (Wildman–Crippen LogP) is 1.62. The van der Waals surface area contributed by atoms with Gasteiger partial charge in [-0.05, 0) is 31.9 Å². The van der Waals surface area contributed by atoms with Crippen molar-refractivity contribution in [1.82, 2.24) is 10.2 Å². The van der Waals surface area contributed by atoms with Crippen LogP contribution in [0.1, 0.15) is 25.3 Å². The van der Waals surface area contributed by atoms with Gasteiger partial charge in [-0.2, -0.15) is 0 Å². The number of benzene rings is 1. The topological polar surface area (TPSA) is 35.5 Å². The van der Waals surface area contributed by atoms with Crippen LogP contribution in [0.25, 0.3) is 0 Å². The van der Waals surface area contributed by atoms with E-state index in [-0.39, 0.29) is 6.61 Å². The zero-order chi connectivity index (χ0) is 12.8. The van der Waals surface area contributed by atoms with Crippen LogP contribution in [-0.4, -0.2) is 41.8 Å². The molecule has 0 aromatic heterocycles. The van der Waals surface area contributed by atoms with Crippen molar-refractivity contribution in [2.24, 2.45) is 0 Å². The second kappa shape index (κ2) is 6.88. The monoisotopic (exact) mass is 248 g/mol. The smallest absolute Gasteiger partial charge is 0.0446 e. The van der Waals surface area contributed by atoms with Crippen molar-refractivity contribution in [2.75, 3.05) is 19.7 Å². The lowest BCUT2D eigenvalue weighted by Gasteiger charge is -2.34. The number of nitrogens with one attached hydrogen (secondary N) is 1. The molecule has 2 atom stereocenters. The molecule has 0 amide bonds. The lowest BCUT2D eigenvalue weighted by Crippen LogP contribution is -2.43. The fourth-order valence-electron chi connectivity index (χ4n) is 2.72. The lowest BCUT2D eigenvalue weighted by atomic mass is 10.1. The van der Waals surface area contributed by atoms with Crippen molar-refractivity contribution in [3.63, 3.8) is 0 Å². The molecule has 2 N–H and O–H groups in total. The Morgan fingerprint density at radius 3 is 2.83 bits per heavy atom. The summed E-state index contributed by atoms with van der Waals surface area (Å²) in [6.45, 7) is 5.60. The average molecular weight is 248 g/mol. The summed E-state index contributed by atoms with van der Waals surface area (Å²) in [5.74, 6) is 0. The minimum absolute atomic E-state index is 0.268. The molecule has 1 heterocycles. The molecule has 2 unspecified atom stereocenters. The Balaban J connectivity index is 2.08. The summed E-state index contributed by atoms with van der Waals surface area (Å²) in [6, 6.07) is 11.6. The molecule has 0 bridgehead atoms. The van der Waals surface area contributed by atoms with Crippen LogP contribution in [0.4, 0.5) is 0 Å². The molecule has 1 aromatic rings. The molecule has 3 heteroatoms. The minimum Gasteiger partial charge on any atom is -0.396 e. The molecule has 100 valence electrons. The SMILES string of the molecule is CC1CCNCC(CCO)N1Cc1ccccc1. The third-order valence-electron chi connectivity index (χ3n) is 3.82. The second-order valence-corrected chi connectivity index (χ2v) is 5.17. The van der Waals surface area contributed by atoms with E-state index in [1.807, 2.05) is 0 Å². The number of aliphatic hydroxyl groups is 1. The molecule has 1 fully saturated rings. The van der Waals surface area contributed by atoms with Crippen LogP contribution >= 0.6 is 0 Å². The maximum Gasteiger partial charge on any atom is 0.0446 e. The third-order valence-corrected chi connectivity index (χ3v) is 3.82. The fraction of sp³-hybridized carbons (Fsp3) is 0.600. The molecular formula is C15H24N2O. The van der Waals surface area contributed by atoms with E-state index in [1.165, 1.54) is 12.0 Å². The van der Waals surface area contributed by atoms with Crippen LogP contribution in [0.5, 0.6) is 0 Å². The van der Waals surface area contributed by atoms with Crippen molar-refractivity contribution in [3.05, 3.63) is 35.9 Å². The van der Waals surface area contributed by atoms with Crippen molar-refractivity contribution >= 4 is 0 Å². The molecule has 0 saturated carbocycles. The number of nitrogens with zero attached hydrogens (tertiary/aromatic N) is 1. The maximum atomic E-state index is 9.23. The summed E-state index contributed by atoms with van der Waals surface area (Å²) < 4.78 is 0. The van der Waals surface area contributed by atoms with Gasteiger partial charge in [0.1, 0.15) is 0 Å². The Morgan fingerprint density at radius 2 is 2.11 bits per heavy atom. The van der Waals surface area contributed by atoms with Gasteiger partial charge in [0, 0.05) is 31.8 Å². The standard InChI is InChI=1S/C15H24N2O/c1-13-7-9-16-11-15(8-10-18)17(13)12-14-5-3-2-4-6-14/h2-6,13,15-16,18H,7-12H2,1H3. The van der Waals surface area contributed by atoms with Gasteiger partial charge in [0.25, 0.3) is 0 Å². The number of aliphatic hydroxyl groups excluding tert-OH is 1. The van der Waals surface area contributed by atoms with Gasteiger partial charge in [0.15, 0.2) is 0 Å². The van der Waals surface area contributed by atoms with Gasteiger partial charge in [-0.1, -0.05) is 30.3 Å². The highest BCUT2D eigenvalue weighted by Crippen LogP contribution is 2.18. The van der Waals surface area contributed by atoms with E-state index in [4.69, 9.17) is 0 Å². The highest BCUT2D eigenvalue weighted by molar-refractivity contribution is 5.14. The molecule has 1 aliphatic heterocycles. The van der Waals surface area contributed by atoms with Crippen molar-refractivity contribution < 1.29 is 5.11 Å². The summed E-state index contributed by atoms with van der Waals surface area (Å²) in [6.07, 6.45) is 2.03. The Labute approximate surface area is 110 Å². The molecular weight excluding hydrogens is 224 g/mol. The summed E-state index contributed by atoms with van der Waals surface area (Å²) in [5.41, 5.74) is 1.36. The Morgan fingerprint density at radius 1 is 1.33 bits per heavy atom. The second-order valence-electron chi connectivity index (χ2n) is 5.17. The lowest BCUT2D eigenvalue weighted by molar-refractivity contribution is 0.118. The molecule has 2 rings (SSSR count). The first-order valence-corrected chi connectivity index (χ1v) is 6.92. The zero-order valence-corrected chi connectivity index (χ0v) is 11.2. The maximum absolute atomic E-state index is 9.23. The van der Waals surface area contributed by atoms with Gasteiger partial charge in [-0.25, -0.2) is 0 Å². The van der Waals surface area contributed by atoms with Gasteiger partial charge in [-0.3, -0.25) is 4.90 Å². The van der Waals surface area contributed by atoms with Gasteiger partial charge in [0.05, 0.1) is 0 Å². The van der Waals surface area contributed by atoms with Gasteiger partial charge in [-0.15, -0.1) is 0 Å². The quantitative estimate of drug-likeness (QED) is 0.850. The molecule has 3 nitrogen and oxygen atoms in total. The predicted molar refractivity (Wildman–Crippen MR) is 74.4 cm³/mol. The van der Waals surface area contributed by atoms with Crippen LogP contribution in [0, 0.1) is 0 Å². The molecule has 1 aromatic carbocycles. The molecule has 1 saturated heterocycles. The van der Waals surface area contributed by atoms with Crippen LogP contribution < -0.4 is 5.32 Å². The Bertz CT molecular complexity index is 342. The Kier molecular flexibility index (Phi) is 5.17. The summed E-state index contributed by atoms with van der Waals surface area (Å²) >= 11 is 0. The van der Waals surface area contributed by atoms with E-state index >= 15 is 0 Å². The fourth-order valence-corrected chi connectivity index (χ4v) is 2.72. The molecule has 1 aliphatic rings. The van der Waals surface area contributed by atoms with Gasteiger partial charge >= 0.3 is 0 Å². The number of rotatable bonds is 4. The van der Waals surface area contributed by atoms with E-state index < -0.39 is 0 Å². The van der Waals surface area contributed by atoms with Gasteiger partial charge < -0.3 is 10.4 Å². The van der Waals surface area contributed by atoms with E-state index in [9.17, 15) is 5.11 Å². The minimum atomic E-state index is 0.268. The first-order valence-electron chi connectivity index (χ1n) is 6.92. The van der Waals surface area contributed by atoms with Crippen molar-refractivity contribution in [2.45, 2.75) is 38.4 Å².